The van der Waals surface area contributed by atoms with E-state index in [2.05, 4.69) is 76.5 Å². The van der Waals surface area contributed by atoms with Gasteiger partial charge in [-0.2, -0.15) is 10.1 Å². The molecule has 0 radical (unpaired) electrons. The zero-order valence-electron chi connectivity index (χ0n) is 14.9. The average molecular weight is 333 g/mol. The molecule has 1 aromatic heterocycles. The van der Waals surface area contributed by atoms with Crippen molar-refractivity contribution in [3.8, 4) is 0 Å². The predicted molar refractivity (Wildman–Crippen MR) is 102 cm³/mol. The standard InChI is InChI=1S/C20H23N5/c1-4-25(14-17-10-6-5-7-11-17)19-13-21-24-20(23-19)22-18-12-8-9-15(2)16(18)3/h5-13H,4,14H2,1-3H3,(H,22,23,24). The van der Waals surface area contributed by atoms with Crippen LogP contribution in [-0.4, -0.2) is 21.7 Å². The summed E-state index contributed by atoms with van der Waals surface area (Å²) in [7, 11) is 0. The minimum Gasteiger partial charge on any atom is -0.351 e. The number of aromatic nitrogens is 3. The molecule has 0 aliphatic heterocycles. The Balaban J connectivity index is 1.81. The van der Waals surface area contributed by atoms with Crippen LogP contribution in [0.5, 0.6) is 0 Å². The summed E-state index contributed by atoms with van der Waals surface area (Å²) in [6.45, 7) is 7.93. The lowest BCUT2D eigenvalue weighted by Crippen LogP contribution is -2.23. The van der Waals surface area contributed by atoms with Gasteiger partial charge in [-0.3, -0.25) is 0 Å². The van der Waals surface area contributed by atoms with E-state index in [1.165, 1.54) is 16.7 Å². The van der Waals surface area contributed by atoms with Crippen LogP contribution in [0.4, 0.5) is 17.5 Å². The summed E-state index contributed by atoms with van der Waals surface area (Å²) in [5, 5.41) is 11.5. The summed E-state index contributed by atoms with van der Waals surface area (Å²) in [5.74, 6) is 1.33. The van der Waals surface area contributed by atoms with Crippen LogP contribution in [0.1, 0.15) is 23.6 Å². The van der Waals surface area contributed by atoms with Crippen LogP contribution in [0.3, 0.4) is 0 Å². The van der Waals surface area contributed by atoms with E-state index in [1.807, 2.05) is 18.2 Å². The Morgan fingerprint density at radius 3 is 2.56 bits per heavy atom. The number of hydrogen-bond donors (Lipinski definition) is 1. The highest BCUT2D eigenvalue weighted by Crippen LogP contribution is 2.22. The van der Waals surface area contributed by atoms with Gasteiger partial charge in [-0.15, -0.1) is 5.10 Å². The molecule has 3 rings (SSSR count). The molecule has 0 aliphatic carbocycles. The van der Waals surface area contributed by atoms with Crippen molar-refractivity contribution in [2.75, 3.05) is 16.8 Å². The number of nitrogens with zero attached hydrogens (tertiary/aromatic N) is 4. The Labute approximate surface area is 148 Å². The molecule has 0 aliphatic rings. The molecule has 0 bridgehead atoms. The van der Waals surface area contributed by atoms with Gasteiger partial charge in [0, 0.05) is 18.8 Å². The van der Waals surface area contributed by atoms with Crippen molar-refractivity contribution in [3.05, 3.63) is 71.4 Å². The van der Waals surface area contributed by atoms with E-state index < -0.39 is 0 Å². The minimum atomic E-state index is 0.512. The van der Waals surface area contributed by atoms with Gasteiger partial charge in [-0.05, 0) is 43.5 Å². The highest BCUT2D eigenvalue weighted by molar-refractivity contribution is 5.60. The Bertz CT molecular complexity index is 832. The molecule has 0 fully saturated rings. The third-order valence-electron chi connectivity index (χ3n) is 4.32. The summed E-state index contributed by atoms with van der Waals surface area (Å²) >= 11 is 0. The summed E-state index contributed by atoms with van der Waals surface area (Å²) in [4.78, 5) is 6.83. The smallest absolute Gasteiger partial charge is 0.249 e. The Kier molecular flexibility index (Phi) is 5.23. The van der Waals surface area contributed by atoms with E-state index in [0.717, 1.165) is 24.6 Å². The summed E-state index contributed by atoms with van der Waals surface area (Å²) < 4.78 is 0. The molecule has 0 atom stereocenters. The van der Waals surface area contributed by atoms with Crippen molar-refractivity contribution in [2.45, 2.75) is 27.3 Å². The molecule has 128 valence electrons. The van der Waals surface area contributed by atoms with E-state index in [4.69, 9.17) is 0 Å². The quantitative estimate of drug-likeness (QED) is 0.730. The van der Waals surface area contributed by atoms with Gasteiger partial charge in [0.1, 0.15) is 0 Å². The van der Waals surface area contributed by atoms with Gasteiger partial charge >= 0.3 is 0 Å². The maximum atomic E-state index is 4.65. The summed E-state index contributed by atoms with van der Waals surface area (Å²) in [6.07, 6.45) is 1.71. The van der Waals surface area contributed by atoms with Gasteiger partial charge in [-0.25, -0.2) is 0 Å². The molecule has 25 heavy (non-hydrogen) atoms. The Morgan fingerprint density at radius 1 is 1.00 bits per heavy atom. The van der Waals surface area contributed by atoms with Crippen LogP contribution in [0, 0.1) is 13.8 Å². The highest BCUT2D eigenvalue weighted by Gasteiger charge is 2.10. The molecule has 1 N–H and O–H groups in total. The number of nitrogens with one attached hydrogen (secondary N) is 1. The fourth-order valence-corrected chi connectivity index (χ4v) is 2.67. The van der Waals surface area contributed by atoms with Crippen molar-refractivity contribution in [2.24, 2.45) is 0 Å². The third-order valence-corrected chi connectivity index (χ3v) is 4.32. The van der Waals surface area contributed by atoms with Crippen LogP contribution in [-0.2, 0) is 6.54 Å². The minimum absolute atomic E-state index is 0.512. The van der Waals surface area contributed by atoms with Crippen LogP contribution < -0.4 is 10.2 Å². The van der Waals surface area contributed by atoms with Crippen LogP contribution in [0.25, 0.3) is 0 Å². The number of aryl methyl sites for hydroxylation is 1. The van der Waals surface area contributed by atoms with Gasteiger partial charge in [0.05, 0.1) is 6.20 Å². The van der Waals surface area contributed by atoms with Crippen molar-refractivity contribution >= 4 is 17.5 Å². The van der Waals surface area contributed by atoms with E-state index in [-0.39, 0.29) is 0 Å². The Hall–Kier alpha value is -2.95. The lowest BCUT2D eigenvalue weighted by molar-refractivity contribution is 0.798. The first-order chi connectivity index (χ1) is 12.2. The molecule has 0 saturated carbocycles. The van der Waals surface area contributed by atoms with Gasteiger partial charge in [0.15, 0.2) is 5.82 Å². The zero-order valence-corrected chi connectivity index (χ0v) is 14.9. The lowest BCUT2D eigenvalue weighted by atomic mass is 10.1. The first-order valence-electron chi connectivity index (χ1n) is 8.49. The first kappa shape index (κ1) is 16.9. The van der Waals surface area contributed by atoms with Crippen molar-refractivity contribution in [1.29, 1.82) is 0 Å². The van der Waals surface area contributed by atoms with Gasteiger partial charge in [0.25, 0.3) is 0 Å². The molecule has 0 amide bonds. The second-order valence-corrected chi connectivity index (χ2v) is 6.01. The average Bonchev–Trinajstić information content (AvgIpc) is 2.64. The van der Waals surface area contributed by atoms with E-state index in [1.54, 1.807) is 6.20 Å². The Morgan fingerprint density at radius 2 is 1.80 bits per heavy atom. The summed E-state index contributed by atoms with van der Waals surface area (Å²) in [6, 6.07) is 16.5. The fourth-order valence-electron chi connectivity index (χ4n) is 2.67. The van der Waals surface area contributed by atoms with E-state index in [9.17, 15) is 0 Å². The maximum absolute atomic E-state index is 4.65. The zero-order chi connectivity index (χ0) is 17.6. The summed E-state index contributed by atoms with van der Waals surface area (Å²) in [5.41, 5.74) is 4.67. The molecule has 2 aromatic carbocycles. The molecule has 3 aromatic rings. The molecule has 0 saturated heterocycles. The molecule has 5 nitrogen and oxygen atoms in total. The lowest BCUT2D eigenvalue weighted by Gasteiger charge is -2.22. The topological polar surface area (TPSA) is 53.9 Å². The number of hydrogen-bond acceptors (Lipinski definition) is 5. The van der Waals surface area contributed by atoms with E-state index in [0.29, 0.717) is 5.95 Å². The molecule has 5 heteroatoms. The SMILES string of the molecule is CCN(Cc1ccccc1)c1cnnc(Nc2cccc(C)c2C)n1. The highest BCUT2D eigenvalue weighted by atomic mass is 15.3. The fraction of sp³-hybridized carbons (Fsp3) is 0.250. The van der Waals surface area contributed by atoms with Crippen molar-refractivity contribution in [1.82, 2.24) is 15.2 Å². The van der Waals surface area contributed by atoms with Crippen LogP contribution >= 0.6 is 0 Å². The van der Waals surface area contributed by atoms with Gasteiger partial charge < -0.3 is 10.2 Å². The van der Waals surface area contributed by atoms with Gasteiger partial charge in [-0.1, -0.05) is 42.5 Å². The number of benzene rings is 2. The van der Waals surface area contributed by atoms with Crippen molar-refractivity contribution < 1.29 is 0 Å². The normalized spacial score (nSPS) is 10.5. The number of rotatable bonds is 6. The maximum Gasteiger partial charge on any atom is 0.249 e. The van der Waals surface area contributed by atoms with Gasteiger partial charge in [0.2, 0.25) is 5.95 Å². The molecular weight excluding hydrogens is 310 g/mol. The largest absolute Gasteiger partial charge is 0.351 e. The third kappa shape index (κ3) is 4.12. The van der Waals surface area contributed by atoms with Crippen LogP contribution in [0.2, 0.25) is 0 Å². The molecular formula is C20H23N5. The molecule has 0 unspecified atom stereocenters. The number of anilines is 3. The van der Waals surface area contributed by atoms with E-state index >= 15 is 0 Å². The second kappa shape index (κ2) is 7.75. The molecule has 1 heterocycles. The molecule has 0 spiro atoms. The first-order valence-corrected chi connectivity index (χ1v) is 8.49. The second-order valence-electron chi connectivity index (χ2n) is 6.01. The monoisotopic (exact) mass is 333 g/mol. The van der Waals surface area contributed by atoms with Crippen LogP contribution in [0.15, 0.2) is 54.7 Å². The predicted octanol–water partition coefficient (Wildman–Crippen LogP) is 4.26. The van der Waals surface area contributed by atoms with Crippen molar-refractivity contribution in [3.63, 3.8) is 0 Å².